The normalized spacial score (nSPS) is 21.6. The largest absolute Gasteiger partial charge is 0.312 e. The smallest absolute Gasteiger partial charge is 0.0634 e. The second-order valence-corrected chi connectivity index (χ2v) is 5.28. The lowest BCUT2D eigenvalue weighted by atomic mass is 9.98. The summed E-state index contributed by atoms with van der Waals surface area (Å²) >= 11 is 6.06. The molecule has 0 aliphatic carbocycles. The van der Waals surface area contributed by atoms with E-state index in [9.17, 15) is 0 Å². The molecule has 1 aliphatic heterocycles. The molecule has 0 radical (unpaired) electrons. The molecular weight excluding hydrogens is 234 g/mol. The zero-order valence-corrected chi connectivity index (χ0v) is 11.1. The van der Waals surface area contributed by atoms with Crippen molar-refractivity contribution < 1.29 is 0 Å². The molecule has 0 saturated carbocycles. The third-order valence-corrected chi connectivity index (χ3v) is 3.67. The monoisotopic (exact) mass is 253 g/mol. The van der Waals surface area contributed by atoms with Crippen LogP contribution in [0, 0.1) is 5.92 Å². The Balaban J connectivity index is 1.74. The summed E-state index contributed by atoms with van der Waals surface area (Å²) in [7, 11) is 2.20. The molecule has 0 aromatic carbocycles. The summed E-state index contributed by atoms with van der Waals surface area (Å²) in [5, 5.41) is 4.24. The van der Waals surface area contributed by atoms with Gasteiger partial charge in [-0.2, -0.15) is 0 Å². The van der Waals surface area contributed by atoms with Gasteiger partial charge in [0.15, 0.2) is 0 Å². The van der Waals surface area contributed by atoms with Crippen LogP contribution in [0.2, 0.25) is 5.02 Å². The predicted octanol–water partition coefficient (Wildman–Crippen LogP) is 2.17. The molecule has 1 aromatic rings. The molecule has 2 rings (SSSR count). The van der Waals surface area contributed by atoms with Crippen LogP contribution >= 0.6 is 11.6 Å². The van der Waals surface area contributed by atoms with Crippen LogP contribution in [0.1, 0.15) is 18.4 Å². The highest BCUT2D eigenvalue weighted by molar-refractivity contribution is 6.31. The Morgan fingerprint density at radius 2 is 2.47 bits per heavy atom. The molecule has 0 bridgehead atoms. The van der Waals surface area contributed by atoms with Crippen LogP contribution in [0.25, 0.3) is 0 Å². The van der Waals surface area contributed by atoms with Crippen LogP contribution in [0.15, 0.2) is 18.5 Å². The molecule has 1 N–H and O–H groups in total. The second kappa shape index (κ2) is 6.34. The molecule has 94 valence electrons. The molecule has 4 heteroatoms. The van der Waals surface area contributed by atoms with E-state index in [1.165, 1.54) is 25.9 Å². The standard InChI is InChI=1S/C13H20ClN3/c1-17-6-2-3-11(10-17)7-16-8-12-4-5-15-9-13(12)14/h4-5,9,11,16H,2-3,6-8,10H2,1H3. The Labute approximate surface area is 108 Å². The maximum absolute atomic E-state index is 6.06. The Morgan fingerprint density at radius 3 is 3.24 bits per heavy atom. The Bertz CT molecular complexity index is 356. The highest BCUT2D eigenvalue weighted by atomic mass is 35.5. The third kappa shape index (κ3) is 3.95. The van der Waals surface area contributed by atoms with Crippen LogP contribution in [0.4, 0.5) is 0 Å². The van der Waals surface area contributed by atoms with Gasteiger partial charge in [-0.15, -0.1) is 0 Å². The fraction of sp³-hybridized carbons (Fsp3) is 0.615. The summed E-state index contributed by atoms with van der Waals surface area (Å²) in [4.78, 5) is 6.40. The minimum absolute atomic E-state index is 0.751. The second-order valence-electron chi connectivity index (χ2n) is 4.87. The van der Waals surface area contributed by atoms with E-state index >= 15 is 0 Å². The summed E-state index contributed by atoms with van der Waals surface area (Å²) in [6.45, 7) is 4.36. The first-order valence-corrected chi connectivity index (χ1v) is 6.61. The number of piperidine rings is 1. The van der Waals surface area contributed by atoms with E-state index in [2.05, 4.69) is 22.2 Å². The lowest BCUT2D eigenvalue weighted by molar-refractivity contribution is 0.206. The van der Waals surface area contributed by atoms with Crippen LogP contribution < -0.4 is 5.32 Å². The molecule has 1 atom stereocenters. The number of hydrogen-bond donors (Lipinski definition) is 1. The summed E-state index contributed by atoms with van der Waals surface area (Å²) in [6.07, 6.45) is 6.14. The van der Waals surface area contributed by atoms with E-state index in [4.69, 9.17) is 11.6 Å². The van der Waals surface area contributed by atoms with E-state index in [-0.39, 0.29) is 0 Å². The molecule has 2 heterocycles. The van der Waals surface area contributed by atoms with E-state index < -0.39 is 0 Å². The minimum Gasteiger partial charge on any atom is -0.312 e. The van der Waals surface area contributed by atoms with Gasteiger partial charge in [0.1, 0.15) is 0 Å². The number of likely N-dealkylation sites (tertiary alicyclic amines) is 1. The summed E-state index contributed by atoms with van der Waals surface area (Å²) in [5.74, 6) is 0.773. The van der Waals surface area contributed by atoms with Crippen molar-refractivity contribution in [3.05, 3.63) is 29.0 Å². The molecule has 0 amide bonds. The van der Waals surface area contributed by atoms with Crippen molar-refractivity contribution in [2.24, 2.45) is 5.92 Å². The van der Waals surface area contributed by atoms with Crippen LogP contribution in [-0.2, 0) is 6.54 Å². The number of pyridine rings is 1. The maximum Gasteiger partial charge on any atom is 0.0634 e. The predicted molar refractivity (Wildman–Crippen MR) is 71.2 cm³/mol. The summed E-state index contributed by atoms with van der Waals surface area (Å²) < 4.78 is 0. The third-order valence-electron chi connectivity index (χ3n) is 3.33. The highest BCUT2D eigenvalue weighted by Crippen LogP contribution is 2.15. The van der Waals surface area contributed by atoms with Gasteiger partial charge in [0.05, 0.1) is 5.02 Å². The van der Waals surface area contributed by atoms with Crippen molar-refractivity contribution in [1.29, 1.82) is 0 Å². The fourth-order valence-electron chi connectivity index (χ4n) is 2.40. The van der Waals surface area contributed by atoms with Gasteiger partial charge in [0.2, 0.25) is 0 Å². The molecule has 1 saturated heterocycles. The van der Waals surface area contributed by atoms with E-state index in [0.29, 0.717) is 0 Å². The zero-order chi connectivity index (χ0) is 12.1. The number of nitrogens with zero attached hydrogens (tertiary/aromatic N) is 2. The van der Waals surface area contributed by atoms with E-state index in [0.717, 1.165) is 29.6 Å². The first-order chi connectivity index (χ1) is 8.25. The average molecular weight is 254 g/mol. The van der Waals surface area contributed by atoms with E-state index in [1.807, 2.05) is 6.07 Å². The molecular formula is C13H20ClN3. The number of aromatic nitrogens is 1. The van der Waals surface area contributed by atoms with Gasteiger partial charge in [-0.1, -0.05) is 11.6 Å². The van der Waals surface area contributed by atoms with Gasteiger partial charge in [-0.25, -0.2) is 0 Å². The van der Waals surface area contributed by atoms with Crippen LogP contribution in [0.3, 0.4) is 0 Å². The number of hydrogen-bond acceptors (Lipinski definition) is 3. The Morgan fingerprint density at radius 1 is 1.59 bits per heavy atom. The van der Waals surface area contributed by atoms with E-state index in [1.54, 1.807) is 12.4 Å². The van der Waals surface area contributed by atoms with Gasteiger partial charge in [-0.05, 0) is 50.5 Å². The lowest BCUT2D eigenvalue weighted by Gasteiger charge is -2.29. The summed E-state index contributed by atoms with van der Waals surface area (Å²) in [6, 6.07) is 1.97. The van der Waals surface area contributed by atoms with Crippen molar-refractivity contribution in [2.45, 2.75) is 19.4 Å². The van der Waals surface area contributed by atoms with Crippen LogP contribution in [0.5, 0.6) is 0 Å². The highest BCUT2D eigenvalue weighted by Gasteiger charge is 2.16. The zero-order valence-electron chi connectivity index (χ0n) is 10.3. The SMILES string of the molecule is CN1CCCC(CNCc2ccncc2Cl)C1. The summed E-state index contributed by atoms with van der Waals surface area (Å²) in [5.41, 5.74) is 1.13. The number of rotatable bonds is 4. The molecule has 1 fully saturated rings. The number of halogens is 1. The van der Waals surface area contributed by atoms with Crippen molar-refractivity contribution in [3.63, 3.8) is 0 Å². The lowest BCUT2D eigenvalue weighted by Crippen LogP contribution is -2.37. The Hall–Kier alpha value is -0.640. The molecule has 1 aromatic heterocycles. The quantitative estimate of drug-likeness (QED) is 0.892. The molecule has 1 aliphatic rings. The Kier molecular flexibility index (Phi) is 4.77. The topological polar surface area (TPSA) is 28.2 Å². The first kappa shape index (κ1) is 12.8. The number of nitrogens with one attached hydrogen (secondary N) is 1. The van der Waals surface area contributed by atoms with Gasteiger partial charge in [-0.3, -0.25) is 4.98 Å². The van der Waals surface area contributed by atoms with Gasteiger partial charge in [0, 0.05) is 25.5 Å². The fourth-order valence-corrected chi connectivity index (χ4v) is 2.58. The van der Waals surface area contributed by atoms with Crippen molar-refractivity contribution >= 4 is 11.6 Å². The minimum atomic E-state index is 0.751. The molecule has 0 spiro atoms. The molecule has 1 unspecified atom stereocenters. The van der Waals surface area contributed by atoms with Gasteiger partial charge >= 0.3 is 0 Å². The van der Waals surface area contributed by atoms with Crippen molar-refractivity contribution in [1.82, 2.24) is 15.2 Å². The first-order valence-electron chi connectivity index (χ1n) is 6.23. The molecule has 17 heavy (non-hydrogen) atoms. The van der Waals surface area contributed by atoms with Gasteiger partial charge < -0.3 is 10.2 Å². The van der Waals surface area contributed by atoms with Crippen molar-refractivity contribution in [3.8, 4) is 0 Å². The molecule has 3 nitrogen and oxygen atoms in total. The van der Waals surface area contributed by atoms with Crippen molar-refractivity contribution in [2.75, 3.05) is 26.7 Å². The average Bonchev–Trinajstić information content (AvgIpc) is 2.32. The maximum atomic E-state index is 6.06. The van der Waals surface area contributed by atoms with Crippen LogP contribution in [-0.4, -0.2) is 36.6 Å². The van der Waals surface area contributed by atoms with Gasteiger partial charge in [0.25, 0.3) is 0 Å².